The minimum atomic E-state index is 0.0502. The Morgan fingerprint density at radius 3 is 3.12 bits per heavy atom. The molecule has 1 aliphatic heterocycles. The third-order valence-corrected chi connectivity index (χ3v) is 3.15. The number of hydrogen-bond acceptors (Lipinski definition) is 3. The summed E-state index contributed by atoms with van der Waals surface area (Å²) in [6.07, 6.45) is 5.18. The smallest absolute Gasteiger partial charge is 0.150 e. The van der Waals surface area contributed by atoms with Gasteiger partial charge in [0.2, 0.25) is 0 Å². The van der Waals surface area contributed by atoms with Crippen LogP contribution in [0.4, 0.5) is 0 Å². The maximum Gasteiger partial charge on any atom is 0.150 e. The number of nitrogens with zero attached hydrogens (tertiary/aromatic N) is 3. The van der Waals surface area contributed by atoms with Gasteiger partial charge in [0.1, 0.15) is 0 Å². The molecule has 3 rings (SSSR count). The number of benzene rings is 1. The molecule has 1 fully saturated rings. The lowest BCUT2D eigenvalue weighted by molar-refractivity contribution is -0.0366. The van der Waals surface area contributed by atoms with Crippen molar-refractivity contribution in [2.45, 2.75) is 25.5 Å². The molecule has 0 aliphatic carbocycles. The van der Waals surface area contributed by atoms with Crippen molar-refractivity contribution in [2.24, 2.45) is 0 Å². The second kappa shape index (κ2) is 4.19. The first-order chi connectivity index (χ1) is 8.38. The van der Waals surface area contributed by atoms with Gasteiger partial charge in [-0.25, -0.2) is 4.68 Å². The lowest BCUT2D eigenvalue weighted by atomic mass is 10.1. The molecule has 0 radical (unpaired) electrons. The van der Waals surface area contributed by atoms with E-state index in [1.807, 2.05) is 22.9 Å². The minimum Gasteiger partial charge on any atom is -0.356 e. The van der Waals surface area contributed by atoms with E-state index in [0.717, 1.165) is 30.4 Å². The average Bonchev–Trinajstić information content (AvgIpc) is 2.82. The van der Waals surface area contributed by atoms with E-state index >= 15 is 0 Å². The van der Waals surface area contributed by atoms with Crippen LogP contribution >= 0.6 is 0 Å². The fourth-order valence-corrected chi connectivity index (χ4v) is 2.27. The Morgan fingerprint density at radius 1 is 1.41 bits per heavy atom. The molecule has 1 aliphatic rings. The molecular formula is C13H13N3O. The summed E-state index contributed by atoms with van der Waals surface area (Å²) in [4.78, 5) is 0. The molecule has 1 aromatic carbocycles. The summed E-state index contributed by atoms with van der Waals surface area (Å²) in [6.45, 7) is 0.808. The van der Waals surface area contributed by atoms with E-state index in [0.29, 0.717) is 5.56 Å². The molecule has 1 atom stereocenters. The van der Waals surface area contributed by atoms with Crippen LogP contribution in [0.15, 0.2) is 24.4 Å². The van der Waals surface area contributed by atoms with Gasteiger partial charge in [-0.1, -0.05) is 0 Å². The van der Waals surface area contributed by atoms with E-state index in [2.05, 4.69) is 11.2 Å². The summed E-state index contributed by atoms with van der Waals surface area (Å²) in [5, 5.41) is 14.2. The normalized spacial score (nSPS) is 20.3. The Labute approximate surface area is 99.4 Å². The predicted molar refractivity (Wildman–Crippen MR) is 63.3 cm³/mol. The van der Waals surface area contributed by atoms with Gasteiger partial charge in [-0.15, -0.1) is 0 Å². The monoisotopic (exact) mass is 227 g/mol. The molecule has 1 aromatic heterocycles. The van der Waals surface area contributed by atoms with Gasteiger partial charge in [0.25, 0.3) is 0 Å². The van der Waals surface area contributed by atoms with Crippen molar-refractivity contribution in [3.05, 3.63) is 30.0 Å². The number of aromatic nitrogens is 2. The first kappa shape index (κ1) is 10.3. The standard InChI is InChI=1S/C13H13N3O/c14-8-10-4-5-12-11(7-10)9-15-16(12)13-3-1-2-6-17-13/h4-5,7,9,13H,1-3,6H2. The minimum absolute atomic E-state index is 0.0502. The maximum atomic E-state index is 8.85. The third kappa shape index (κ3) is 1.79. The van der Waals surface area contributed by atoms with E-state index in [1.54, 1.807) is 6.20 Å². The number of rotatable bonds is 1. The molecule has 17 heavy (non-hydrogen) atoms. The quantitative estimate of drug-likeness (QED) is 0.752. The van der Waals surface area contributed by atoms with Gasteiger partial charge >= 0.3 is 0 Å². The molecule has 0 spiro atoms. The van der Waals surface area contributed by atoms with Gasteiger partial charge in [0.05, 0.1) is 23.3 Å². The molecule has 0 N–H and O–H groups in total. The SMILES string of the molecule is N#Cc1ccc2c(cnn2C2CCCCO2)c1. The predicted octanol–water partition coefficient (Wildman–Crippen LogP) is 2.61. The molecule has 0 bridgehead atoms. The number of nitriles is 1. The highest BCUT2D eigenvalue weighted by molar-refractivity contribution is 5.80. The fraction of sp³-hybridized carbons (Fsp3) is 0.385. The second-order valence-corrected chi connectivity index (χ2v) is 4.30. The van der Waals surface area contributed by atoms with Crippen LogP contribution in [0, 0.1) is 11.3 Å². The molecule has 4 nitrogen and oxygen atoms in total. The van der Waals surface area contributed by atoms with Gasteiger partial charge in [0.15, 0.2) is 6.23 Å². The lowest BCUT2D eigenvalue weighted by Gasteiger charge is -2.23. The zero-order valence-corrected chi connectivity index (χ0v) is 9.47. The highest BCUT2D eigenvalue weighted by Gasteiger charge is 2.18. The van der Waals surface area contributed by atoms with E-state index < -0.39 is 0 Å². The zero-order valence-electron chi connectivity index (χ0n) is 9.47. The largest absolute Gasteiger partial charge is 0.356 e. The maximum absolute atomic E-state index is 8.85. The molecule has 86 valence electrons. The lowest BCUT2D eigenvalue weighted by Crippen LogP contribution is -2.18. The molecule has 0 amide bonds. The highest BCUT2D eigenvalue weighted by Crippen LogP contribution is 2.26. The number of hydrogen-bond donors (Lipinski definition) is 0. The van der Waals surface area contributed by atoms with Crippen LogP contribution < -0.4 is 0 Å². The van der Waals surface area contributed by atoms with Crippen LogP contribution in [0.5, 0.6) is 0 Å². The molecule has 0 saturated carbocycles. The van der Waals surface area contributed by atoms with E-state index in [9.17, 15) is 0 Å². The summed E-state index contributed by atoms with van der Waals surface area (Å²) in [7, 11) is 0. The summed E-state index contributed by atoms with van der Waals surface area (Å²) in [5.74, 6) is 0. The molecule has 1 saturated heterocycles. The number of ether oxygens (including phenoxy) is 1. The molecule has 2 aromatic rings. The van der Waals surface area contributed by atoms with Crippen molar-refractivity contribution >= 4 is 10.9 Å². The Morgan fingerprint density at radius 2 is 2.35 bits per heavy atom. The summed E-state index contributed by atoms with van der Waals surface area (Å²) in [5.41, 5.74) is 1.71. The third-order valence-electron chi connectivity index (χ3n) is 3.15. The Hall–Kier alpha value is -1.86. The fourth-order valence-electron chi connectivity index (χ4n) is 2.27. The summed E-state index contributed by atoms with van der Waals surface area (Å²) in [6, 6.07) is 7.77. The van der Waals surface area contributed by atoms with Gasteiger partial charge in [-0.3, -0.25) is 0 Å². The first-order valence-electron chi connectivity index (χ1n) is 5.87. The van der Waals surface area contributed by atoms with Crippen LogP contribution in [0.2, 0.25) is 0 Å². The van der Waals surface area contributed by atoms with Crippen LogP contribution in [-0.4, -0.2) is 16.4 Å². The Bertz CT molecular complexity index is 576. The van der Waals surface area contributed by atoms with Crippen molar-refractivity contribution in [2.75, 3.05) is 6.61 Å². The van der Waals surface area contributed by atoms with E-state index in [-0.39, 0.29) is 6.23 Å². The topological polar surface area (TPSA) is 50.8 Å². The Balaban J connectivity index is 2.03. The average molecular weight is 227 g/mol. The van der Waals surface area contributed by atoms with Crippen molar-refractivity contribution in [3.8, 4) is 6.07 Å². The van der Waals surface area contributed by atoms with Crippen LogP contribution in [0.1, 0.15) is 31.1 Å². The molecule has 4 heteroatoms. The van der Waals surface area contributed by atoms with Crippen LogP contribution in [0.3, 0.4) is 0 Å². The van der Waals surface area contributed by atoms with Gasteiger partial charge in [0, 0.05) is 12.0 Å². The van der Waals surface area contributed by atoms with Crippen molar-refractivity contribution in [3.63, 3.8) is 0 Å². The van der Waals surface area contributed by atoms with Crippen LogP contribution in [-0.2, 0) is 4.74 Å². The van der Waals surface area contributed by atoms with E-state index in [4.69, 9.17) is 10.00 Å². The van der Waals surface area contributed by atoms with Gasteiger partial charge in [-0.2, -0.15) is 10.4 Å². The van der Waals surface area contributed by atoms with Crippen molar-refractivity contribution < 1.29 is 4.74 Å². The summed E-state index contributed by atoms with van der Waals surface area (Å²) >= 11 is 0. The van der Waals surface area contributed by atoms with Crippen molar-refractivity contribution in [1.29, 1.82) is 5.26 Å². The molecule has 2 heterocycles. The van der Waals surface area contributed by atoms with Crippen molar-refractivity contribution in [1.82, 2.24) is 9.78 Å². The zero-order chi connectivity index (χ0) is 11.7. The van der Waals surface area contributed by atoms with Gasteiger partial charge in [-0.05, 0) is 37.5 Å². The molecule has 1 unspecified atom stereocenters. The number of fused-ring (bicyclic) bond motifs is 1. The Kier molecular flexibility index (Phi) is 2.54. The highest BCUT2D eigenvalue weighted by atomic mass is 16.5. The second-order valence-electron chi connectivity index (χ2n) is 4.30. The summed E-state index contributed by atoms with van der Waals surface area (Å²) < 4.78 is 7.65. The molecular weight excluding hydrogens is 214 g/mol. The van der Waals surface area contributed by atoms with Crippen LogP contribution in [0.25, 0.3) is 10.9 Å². The van der Waals surface area contributed by atoms with Gasteiger partial charge < -0.3 is 4.74 Å². The van der Waals surface area contributed by atoms with E-state index in [1.165, 1.54) is 6.42 Å². The first-order valence-corrected chi connectivity index (χ1v) is 5.87.